The van der Waals surface area contributed by atoms with Gasteiger partial charge in [0.15, 0.2) is 0 Å². The molecule has 0 saturated carbocycles. The van der Waals surface area contributed by atoms with Crippen molar-refractivity contribution < 1.29 is 31.5 Å². The smallest absolute Gasteiger partial charge is 0.370 e. The lowest BCUT2D eigenvalue weighted by atomic mass is 10.1. The molecule has 1 amide bonds. The van der Waals surface area contributed by atoms with Gasteiger partial charge in [-0.3, -0.25) is 9.80 Å². The molecule has 0 spiro atoms. The topological polar surface area (TPSA) is 41.6 Å². The summed E-state index contributed by atoms with van der Waals surface area (Å²) < 4.78 is 69.2. The van der Waals surface area contributed by atoms with Crippen LogP contribution >= 0.6 is 0 Å². The van der Waals surface area contributed by atoms with Gasteiger partial charge in [-0.2, -0.15) is 13.2 Å². The Labute approximate surface area is 116 Å². The molecule has 116 valence electrons. The number of nitrogens with one attached hydrogen (secondary N) is 1. The predicted molar refractivity (Wildman–Crippen MR) is 60.7 cm³/mol. The number of hydrogen-bond donors (Lipinski definition) is 1. The van der Waals surface area contributed by atoms with Crippen LogP contribution in [-0.2, 0) is 22.3 Å². The van der Waals surface area contributed by atoms with E-state index in [0.29, 0.717) is 0 Å². The molecule has 0 atom stereocenters. The minimum Gasteiger partial charge on any atom is -0.370 e. The summed E-state index contributed by atoms with van der Waals surface area (Å²) in [5.41, 5.74) is 0.503. The van der Waals surface area contributed by atoms with Gasteiger partial charge in [0.1, 0.15) is 18.2 Å². The first-order valence-corrected chi connectivity index (χ1v) is 5.96. The van der Waals surface area contributed by atoms with Gasteiger partial charge in [0.25, 0.3) is 5.91 Å². The lowest BCUT2D eigenvalue weighted by Crippen LogP contribution is -2.49. The Hall–Kier alpha value is -1.74. The number of morpholine rings is 1. The van der Waals surface area contributed by atoms with Crippen molar-refractivity contribution in [3.8, 4) is 0 Å². The van der Waals surface area contributed by atoms with E-state index in [4.69, 9.17) is 4.74 Å². The van der Waals surface area contributed by atoms with Gasteiger partial charge >= 0.3 is 6.18 Å². The predicted octanol–water partition coefficient (Wildman–Crippen LogP) is 1.85. The maximum atomic E-state index is 13.6. The molecule has 1 N–H and O–H groups in total. The Balaban J connectivity index is 2.12. The number of nitrogens with zero attached hydrogens (tertiary/aromatic N) is 1. The lowest BCUT2D eigenvalue weighted by molar-refractivity contribution is -0.147. The third-order valence-corrected chi connectivity index (χ3v) is 2.90. The summed E-state index contributed by atoms with van der Waals surface area (Å²) >= 11 is 0. The number of carbonyl (C=O) groups is 1. The van der Waals surface area contributed by atoms with Gasteiger partial charge in [0.2, 0.25) is 0 Å². The SMILES string of the molecule is O=C1COCCN1NCc1c(F)cc(C(F)(F)F)cc1F. The molecular weight excluding hydrogens is 299 g/mol. The van der Waals surface area contributed by atoms with E-state index < -0.39 is 41.4 Å². The molecule has 0 unspecified atom stereocenters. The third-order valence-electron chi connectivity index (χ3n) is 2.90. The zero-order valence-corrected chi connectivity index (χ0v) is 10.6. The molecule has 1 saturated heterocycles. The number of hydrazine groups is 1. The lowest BCUT2D eigenvalue weighted by Gasteiger charge is -2.27. The highest BCUT2D eigenvalue weighted by atomic mass is 19.4. The fourth-order valence-corrected chi connectivity index (χ4v) is 1.80. The van der Waals surface area contributed by atoms with Crippen LogP contribution in [0.4, 0.5) is 22.0 Å². The molecule has 0 aromatic heterocycles. The fraction of sp³-hybridized carbons (Fsp3) is 0.417. The molecular formula is C12H11F5N2O2. The minimum atomic E-state index is -4.83. The summed E-state index contributed by atoms with van der Waals surface area (Å²) in [5, 5.41) is 1.11. The molecule has 1 fully saturated rings. The highest BCUT2D eigenvalue weighted by Gasteiger charge is 2.32. The molecule has 1 aromatic carbocycles. The number of halogens is 5. The summed E-state index contributed by atoms with van der Waals surface area (Å²) in [6.45, 7) is -0.161. The number of ether oxygens (including phenoxy) is 1. The second kappa shape index (κ2) is 5.94. The maximum Gasteiger partial charge on any atom is 0.416 e. The van der Waals surface area contributed by atoms with Gasteiger partial charge in [0.05, 0.1) is 18.7 Å². The highest BCUT2D eigenvalue weighted by Crippen LogP contribution is 2.31. The fourth-order valence-electron chi connectivity index (χ4n) is 1.80. The number of carbonyl (C=O) groups excluding carboxylic acids is 1. The van der Waals surface area contributed by atoms with Gasteiger partial charge in [-0.25, -0.2) is 14.2 Å². The van der Waals surface area contributed by atoms with E-state index in [1.807, 2.05) is 0 Å². The second-order valence-electron chi connectivity index (χ2n) is 4.35. The summed E-state index contributed by atoms with van der Waals surface area (Å²) in [6.07, 6.45) is -4.83. The third kappa shape index (κ3) is 3.67. The Kier molecular flexibility index (Phi) is 4.43. The highest BCUT2D eigenvalue weighted by molar-refractivity contribution is 5.77. The average molecular weight is 310 g/mol. The molecule has 1 heterocycles. The van der Waals surface area contributed by atoms with Crippen LogP contribution in [-0.4, -0.2) is 30.7 Å². The van der Waals surface area contributed by atoms with Crippen molar-refractivity contribution in [1.29, 1.82) is 0 Å². The first kappa shape index (κ1) is 15.6. The summed E-state index contributed by atoms with van der Waals surface area (Å²) in [5.74, 6) is -3.07. The van der Waals surface area contributed by atoms with Crippen molar-refractivity contribution in [1.82, 2.24) is 10.4 Å². The Morgan fingerprint density at radius 2 is 1.86 bits per heavy atom. The number of rotatable bonds is 3. The quantitative estimate of drug-likeness (QED) is 0.866. The van der Waals surface area contributed by atoms with Crippen molar-refractivity contribution in [2.45, 2.75) is 12.7 Å². The average Bonchev–Trinajstić information content (AvgIpc) is 2.38. The van der Waals surface area contributed by atoms with E-state index >= 15 is 0 Å². The van der Waals surface area contributed by atoms with E-state index in [1.165, 1.54) is 0 Å². The monoisotopic (exact) mass is 310 g/mol. The largest absolute Gasteiger partial charge is 0.416 e. The molecule has 1 aliphatic rings. The summed E-state index contributed by atoms with van der Waals surface area (Å²) in [4.78, 5) is 11.4. The van der Waals surface area contributed by atoms with Crippen LogP contribution in [0.5, 0.6) is 0 Å². The summed E-state index contributed by atoms with van der Waals surface area (Å²) in [7, 11) is 0. The van der Waals surface area contributed by atoms with E-state index in [9.17, 15) is 26.7 Å². The number of amides is 1. The zero-order valence-electron chi connectivity index (χ0n) is 10.6. The molecule has 1 aromatic rings. The molecule has 4 nitrogen and oxygen atoms in total. The normalized spacial score (nSPS) is 16.4. The number of hydrogen-bond acceptors (Lipinski definition) is 3. The van der Waals surface area contributed by atoms with Gasteiger partial charge in [-0.05, 0) is 12.1 Å². The molecule has 1 aliphatic heterocycles. The maximum absolute atomic E-state index is 13.6. The van der Waals surface area contributed by atoms with Gasteiger partial charge in [0, 0.05) is 12.1 Å². The van der Waals surface area contributed by atoms with Crippen LogP contribution in [0, 0.1) is 11.6 Å². The molecule has 9 heteroatoms. The van der Waals surface area contributed by atoms with Crippen LogP contribution in [0.15, 0.2) is 12.1 Å². The van der Waals surface area contributed by atoms with Crippen LogP contribution in [0.2, 0.25) is 0 Å². The van der Waals surface area contributed by atoms with Gasteiger partial charge in [-0.15, -0.1) is 0 Å². The van der Waals surface area contributed by atoms with E-state index in [2.05, 4.69) is 5.43 Å². The Morgan fingerprint density at radius 3 is 2.38 bits per heavy atom. The van der Waals surface area contributed by atoms with Crippen LogP contribution in [0.1, 0.15) is 11.1 Å². The van der Waals surface area contributed by atoms with Crippen molar-refractivity contribution in [2.75, 3.05) is 19.8 Å². The van der Waals surface area contributed by atoms with Gasteiger partial charge < -0.3 is 4.74 Å². The minimum absolute atomic E-state index is 0.162. The van der Waals surface area contributed by atoms with Crippen LogP contribution in [0.25, 0.3) is 0 Å². The number of alkyl halides is 3. The standard InChI is InChI=1S/C12H11F5N2O2/c13-9-3-7(12(15,16)17)4-10(14)8(9)5-18-19-1-2-21-6-11(19)20/h3-4,18H,1-2,5-6H2. The van der Waals surface area contributed by atoms with Crippen molar-refractivity contribution in [3.05, 3.63) is 34.9 Å². The molecule has 0 bridgehead atoms. The van der Waals surface area contributed by atoms with Crippen LogP contribution < -0.4 is 5.43 Å². The number of benzene rings is 1. The molecule has 2 rings (SSSR count). The van der Waals surface area contributed by atoms with Gasteiger partial charge in [-0.1, -0.05) is 0 Å². The Bertz CT molecular complexity index is 524. The zero-order chi connectivity index (χ0) is 15.6. The van der Waals surface area contributed by atoms with Crippen LogP contribution in [0.3, 0.4) is 0 Å². The van der Waals surface area contributed by atoms with E-state index in [1.54, 1.807) is 0 Å². The molecule has 21 heavy (non-hydrogen) atoms. The van der Waals surface area contributed by atoms with Crippen molar-refractivity contribution in [2.24, 2.45) is 0 Å². The van der Waals surface area contributed by atoms with Crippen molar-refractivity contribution in [3.63, 3.8) is 0 Å². The first-order chi connectivity index (χ1) is 9.79. The Morgan fingerprint density at radius 1 is 1.24 bits per heavy atom. The second-order valence-corrected chi connectivity index (χ2v) is 4.35. The van der Waals surface area contributed by atoms with E-state index in [-0.39, 0.29) is 31.9 Å². The first-order valence-electron chi connectivity index (χ1n) is 5.96. The van der Waals surface area contributed by atoms with Crippen molar-refractivity contribution >= 4 is 5.91 Å². The summed E-state index contributed by atoms with van der Waals surface area (Å²) in [6, 6.07) is 0.447. The van der Waals surface area contributed by atoms with E-state index in [0.717, 1.165) is 5.01 Å². The molecule has 0 aliphatic carbocycles. The molecule has 0 radical (unpaired) electrons.